The van der Waals surface area contributed by atoms with Crippen LogP contribution in [0.2, 0.25) is 0 Å². The van der Waals surface area contributed by atoms with Crippen molar-refractivity contribution in [3.63, 3.8) is 0 Å². The molecule has 0 heterocycles. The average molecular weight is 634 g/mol. The van der Waals surface area contributed by atoms with Crippen LogP contribution in [0.5, 0.6) is 11.5 Å². The Morgan fingerprint density at radius 1 is 0.733 bits per heavy atom. The zero-order valence-electron chi connectivity index (χ0n) is 19.0. The van der Waals surface area contributed by atoms with Gasteiger partial charge in [0.1, 0.15) is 17.3 Å². The summed E-state index contributed by atoms with van der Waals surface area (Å²) in [7, 11) is 0. The number of halogens is 2. The number of rotatable bonds is 4. The summed E-state index contributed by atoms with van der Waals surface area (Å²) < 4.78 is 1.52. The summed E-state index contributed by atoms with van der Waals surface area (Å²) in [5.74, 6) is 0.0992. The first-order chi connectivity index (χ1) is 13.6. The highest BCUT2D eigenvalue weighted by molar-refractivity contribution is 14.1. The molecule has 0 aliphatic carbocycles. The molecule has 0 bridgehead atoms. The summed E-state index contributed by atoms with van der Waals surface area (Å²) in [6.45, 7) is 16.2. The maximum atomic E-state index is 13.4. The molecule has 0 amide bonds. The lowest BCUT2D eigenvalue weighted by molar-refractivity contribution is -0.121. The molecule has 0 spiro atoms. The van der Waals surface area contributed by atoms with E-state index in [0.717, 1.165) is 29.4 Å². The first-order valence-electron chi connectivity index (χ1n) is 10.1. The SMILES string of the molecule is CC(C(=O)C(C)c1cc(I)c(O)c(C(C)(C)C)c1)c1cc(I)c(O)c(C(C)(C)C)c1. The Labute approximate surface area is 208 Å². The lowest BCUT2D eigenvalue weighted by Crippen LogP contribution is -2.20. The number of carbonyl (C=O) groups is 1. The fourth-order valence-electron chi connectivity index (χ4n) is 3.59. The first-order valence-corrected chi connectivity index (χ1v) is 12.3. The van der Waals surface area contributed by atoms with Crippen LogP contribution >= 0.6 is 45.2 Å². The molecular formula is C25H32I2O3. The van der Waals surface area contributed by atoms with Crippen molar-refractivity contribution in [2.45, 2.75) is 78.1 Å². The van der Waals surface area contributed by atoms with Gasteiger partial charge < -0.3 is 10.2 Å². The second-order valence-corrected chi connectivity index (χ2v) is 12.5. The Bertz CT molecular complexity index is 888. The van der Waals surface area contributed by atoms with Crippen molar-refractivity contribution >= 4 is 51.0 Å². The number of hydrogen-bond donors (Lipinski definition) is 2. The van der Waals surface area contributed by atoms with Crippen LogP contribution in [0, 0.1) is 7.14 Å². The number of hydrogen-bond acceptors (Lipinski definition) is 3. The predicted molar refractivity (Wildman–Crippen MR) is 141 cm³/mol. The van der Waals surface area contributed by atoms with Gasteiger partial charge in [-0.15, -0.1) is 0 Å². The molecule has 0 saturated heterocycles. The Hall–Kier alpha value is -0.830. The van der Waals surface area contributed by atoms with Crippen LogP contribution in [-0.2, 0) is 15.6 Å². The molecule has 5 heteroatoms. The van der Waals surface area contributed by atoms with Gasteiger partial charge in [0.25, 0.3) is 0 Å². The summed E-state index contributed by atoms with van der Waals surface area (Å²) in [5.41, 5.74) is 3.11. The maximum absolute atomic E-state index is 13.4. The van der Waals surface area contributed by atoms with E-state index in [4.69, 9.17) is 0 Å². The van der Waals surface area contributed by atoms with Crippen molar-refractivity contribution in [2.75, 3.05) is 0 Å². The third kappa shape index (κ3) is 5.31. The molecule has 0 fully saturated rings. The summed E-state index contributed by atoms with van der Waals surface area (Å²) in [6, 6.07) is 7.74. The zero-order chi connectivity index (χ0) is 23.2. The van der Waals surface area contributed by atoms with Gasteiger partial charge in [0.15, 0.2) is 0 Å². The fourth-order valence-corrected chi connectivity index (χ4v) is 4.89. The van der Waals surface area contributed by atoms with Gasteiger partial charge in [-0.25, -0.2) is 0 Å². The molecule has 0 saturated carbocycles. The summed E-state index contributed by atoms with van der Waals surface area (Å²) in [6.07, 6.45) is 0. The molecule has 3 nitrogen and oxygen atoms in total. The highest BCUT2D eigenvalue weighted by Crippen LogP contribution is 2.40. The topological polar surface area (TPSA) is 57.5 Å². The number of phenolic OH excluding ortho intramolecular Hbond substituents is 2. The minimum Gasteiger partial charge on any atom is -0.507 e. The third-order valence-corrected chi connectivity index (χ3v) is 7.29. The van der Waals surface area contributed by atoms with Gasteiger partial charge in [0.05, 0.1) is 7.14 Å². The van der Waals surface area contributed by atoms with E-state index in [1.807, 2.05) is 38.1 Å². The van der Waals surface area contributed by atoms with Crippen molar-refractivity contribution in [1.29, 1.82) is 0 Å². The number of benzene rings is 2. The normalized spacial score (nSPS) is 14.5. The average Bonchev–Trinajstić information content (AvgIpc) is 2.62. The lowest BCUT2D eigenvalue weighted by Gasteiger charge is -2.26. The van der Waals surface area contributed by atoms with Crippen LogP contribution in [0.4, 0.5) is 0 Å². The molecule has 0 radical (unpaired) electrons. The minimum absolute atomic E-state index is 0.123. The van der Waals surface area contributed by atoms with E-state index in [1.165, 1.54) is 0 Å². The summed E-state index contributed by atoms with van der Waals surface area (Å²) >= 11 is 4.26. The van der Waals surface area contributed by atoms with Crippen LogP contribution in [0.25, 0.3) is 0 Å². The number of phenols is 2. The van der Waals surface area contributed by atoms with Gasteiger partial charge in [-0.3, -0.25) is 4.79 Å². The van der Waals surface area contributed by atoms with Crippen LogP contribution in [0.15, 0.2) is 24.3 Å². The largest absolute Gasteiger partial charge is 0.507 e. The van der Waals surface area contributed by atoms with Gasteiger partial charge in [0, 0.05) is 23.0 Å². The Balaban J connectivity index is 2.47. The molecule has 164 valence electrons. The molecule has 0 aromatic heterocycles. The smallest absolute Gasteiger partial charge is 0.147 e. The van der Waals surface area contributed by atoms with Gasteiger partial charge in [-0.05, 0) is 79.3 Å². The highest BCUT2D eigenvalue weighted by atomic mass is 127. The summed E-state index contributed by atoms with van der Waals surface area (Å²) in [5, 5.41) is 21.0. The van der Waals surface area contributed by atoms with E-state index in [-0.39, 0.29) is 28.4 Å². The molecular weight excluding hydrogens is 602 g/mol. The first kappa shape index (κ1) is 25.4. The molecule has 2 N–H and O–H groups in total. The molecule has 0 aliphatic heterocycles. The minimum atomic E-state index is -0.306. The van der Waals surface area contributed by atoms with Crippen LogP contribution in [0.3, 0.4) is 0 Å². The maximum Gasteiger partial charge on any atom is 0.147 e. The molecule has 2 rings (SSSR count). The van der Waals surface area contributed by atoms with Crippen LogP contribution in [0.1, 0.15) is 89.5 Å². The van der Waals surface area contributed by atoms with Crippen molar-refractivity contribution in [3.8, 4) is 11.5 Å². The van der Waals surface area contributed by atoms with Crippen molar-refractivity contribution in [2.24, 2.45) is 0 Å². The number of ketones is 1. The van der Waals surface area contributed by atoms with Crippen LogP contribution in [-0.4, -0.2) is 16.0 Å². The standard InChI is InChI=1S/C25H32I2O3/c1-13(15-9-17(24(3,4)5)22(29)19(26)11-15)21(28)14(2)16-10-18(25(6,7)8)23(30)20(27)12-16/h9-14,29-30H,1-8H3. The van der Waals surface area contributed by atoms with E-state index in [0.29, 0.717) is 11.5 Å². The Kier molecular flexibility index (Phi) is 7.60. The number of aromatic hydroxyl groups is 2. The van der Waals surface area contributed by atoms with Gasteiger partial charge in [-0.1, -0.05) is 67.5 Å². The van der Waals surface area contributed by atoms with Gasteiger partial charge >= 0.3 is 0 Å². The zero-order valence-corrected chi connectivity index (χ0v) is 23.3. The second kappa shape index (κ2) is 8.96. The molecule has 2 aromatic rings. The van der Waals surface area contributed by atoms with E-state index < -0.39 is 0 Å². The third-order valence-electron chi connectivity index (χ3n) is 5.64. The molecule has 2 atom stereocenters. The Morgan fingerprint density at radius 3 is 1.30 bits per heavy atom. The molecule has 30 heavy (non-hydrogen) atoms. The quantitative estimate of drug-likeness (QED) is 0.346. The predicted octanol–water partition coefficient (Wildman–Crippen LogP) is 7.38. The molecule has 2 aromatic carbocycles. The van der Waals surface area contributed by atoms with Crippen molar-refractivity contribution in [1.82, 2.24) is 0 Å². The fraction of sp³-hybridized carbons (Fsp3) is 0.480. The van der Waals surface area contributed by atoms with Crippen molar-refractivity contribution < 1.29 is 15.0 Å². The number of Topliss-reactive ketones (excluding diaryl/α,β-unsaturated/α-hetero) is 1. The van der Waals surface area contributed by atoms with Crippen molar-refractivity contribution in [3.05, 3.63) is 53.7 Å². The highest BCUT2D eigenvalue weighted by Gasteiger charge is 2.29. The Morgan fingerprint density at radius 2 is 1.03 bits per heavy atom. The monoisotopic (exact) mass is 634 g/mol. The van der Waals surface area contributed by atoms with Crippen LogP contribution < -0.4 is 0 Å². The number of carbonyl (C=O) groups excluding carboxylic acids is 1. The van der Waals surface area contributed by atoms with E-state index in [2.05, 4.69) is 86.7 Å². The van der Waals surface area contributed by atoms with E-state index >= 15 is 0 Å². The summed E-state index contributed by atoms with van der Waals surface area (Å²) in [4.78, 5) is 13.4. The second-order valence-electron chi connectivity index (χ2n) is 10.1. The van der Waals surface area contributed by atoms with Gasteiger partial charge in [-0.2, -0.15) is 0 Å². The lowest BCUT2D eigenvalue weighted by atomic mass is 9.80. The van der Waals surface area contributed by atoms with E-state index in [9.17, 15) is 15.0 Å². The molecule has 2 unspecified atom stereocenters. The van der Waals surface area contributed by atoms with E-state index in [1.54, 1.807) is 0 Å². The van der Waals surface area contributed by atoms with Gasteiger partial charge in [0.2, 0.25) is 0 Å². The molecule has 0 aliphatic rings.